The van der Waals surface area contributed by atoms with E-state index >= 15 is 0 Å². The molecule has 2 aromatic carbocycles. The summed E-state index contributed by atoms with van der Waals surface area (Å²) in [5, 5.41) is 9.58. The summed E-state index contributed by atoms with van der Waals surface area (Å²) in [6.45, 7) is 0. The zero-order valence-corrected chi connectivity index (χ0v) is 12.1. The van der Waals surface area contributed by atoms with Crippen LogP contribution in [0.3, 0.4) is 0 Å². The molecule has 22 heavy (non-hydrogen) atoms. The molecule has 1 fully saturated rings. The molecule has 3 rings (SSSR count). The molecule has 0 saturated carbocycles. The van der Waals surface area contributed by atoms with E-state index in [2.05, 4.69) is 6.07 Å². The quantitative estimate of drug-likeness (QED) is 0.796. The summed E-state index contributed by atoms with van der Waals surface area (Å²) in [6, 6.07) is 20.1. The molecule has 0 aromatic heterocycles. The van der Waals surface area contributed by atoms with Gasteiger partial charge in [-0.1, -0.05) is 60.7 Å². The molecule has 0 spiro atoms. The lowest BCUT2D eigenvalue weighted by Crippen LogP contribution is -2.41. The molecular formula is C18H14N2O2. The van der Waals surface area contributed by atoms with E-state index in [1.165, 1.54) is 7.05 Å². The second kappa shape index (κ2) is 5.12. The van der Waals surface area contributed by atoms with Crippen LogP contribution in [-0.2, 0) is 15.0 Å². The third-order valence-corrected chi connectivity index (χ3v) is 4.24. The fourth-order valence-corrected chi connectivity index (χ4v) is 3.17. The van der Waals surface area contributed by atoms with E-state index in [1.54, 1.807) is 24.3 Å². The molecule has 0 unspecified atom stereocenters. The topological polar surface area (TPSA) is 61.2 Å². The van der Waals surface area contributed by atoms with Gasteiger partial charge >= 0.3 is 0 Å². The Labute approximate surface area is 128 Å². The summed E-state index contributed by atoms with van der Waals surface area (Å²) in [7, 11) is 1.43. The van der Waals surface area contributed by atoms with Crippen molar-refractivity contribution in [2.75, 3.05) is 7.05 Å². The van der Waals surface area contributed by atoms with Crippen LogP contribution in [0.1, 0.15) is 11.1 Å². The highest BCUT2D eigenvalue weighted by Crippen LogP contribution is 2.45. The molecule has 1 atom stereocenters. The number of hydrogen-bond donors (Lipinski definition) is 0. The molecule has 0 N–H and O–H groups in total. The molecule has 1 aliphatic rings. The standard InChI is InChI=1S/C18H14N2O2/c1-20-16(21)15(12-19)18(17(20)22,13-8-4-2-5-9-13)14-10-6-3-7-11-14/h2-11,15H,1H3/t15-/m1/s1. The van der Waals surface area contributed by atoms with Crippen molar-refractivity contribution < 1.29 is 9.59 Å². The molecule has 0 bridgehead atoms. The molecule has 1 aliphatic heterocycles. The van der Waals surface area contributed by atoms with Gasteiger partial charge in [0.2, 0.25) is 11.8 Å². The van der Waals surface area contributed by atoms with Crippen molar-refractivity contribution in [3.63, 3.8) is 0 Å². The average Bonchev–Trinajstić information content (AvgIpc) is 2.78. The van der Waals surface area contributed by atoms with Crippen molar-refractivity contribution in [1.82, 2.24) is 4.90 Å². The summed E-state index contributed by atoms with van der Waals surface area (Å²) in [4.78, 5) is 26.4. The van der Waals surface area contributed by atoms with Crippen LogP contribution in [0.2, 0.25) is 0 Å². The highest BCUT2D eigenvalue weighted by molar-refractivity contribution is 6.13. The Morgan fingerprint density at radius 1 is 0.955 bits per heavy atom. The molecule has 1 heterocycles. The highest BCUT2D eigenvalue weighted by atomic mass is 16.2. The monoisotopic (exact) mass is 290 g/mol. The largest absolute Gasteiger partial charge is 0.283 e. The van der Waals surface area contributed by atoms with Gasteiger partial charge in [0, 0.05) is 7.05 Å². The van der Waals surface area contributed by atoms with Crippen molar-refractivity contribution >= 4 is 11.8 Å². The second-order valence-corrected chi connectivity index (χ2v) is 5.30. The van der Waals surface area contributed by atoms with Crippen molar-refractivity contribution in [3.05, 3.63) is 71.8 Å². The number of likely N-dealkylation sites (tertiary alicyclic amines) is 1. The third kappa shape index (κ3) is 1.69. The first kappa shape index (κ1) is 14.0. The van der Waals surface area contributed by atoms with Crippen LogP contribution in [0.25, 0.3) is 0 Å². The van der Waals surface area contributed by atoms with E-state index in [0.717, 1.165) is 4.90 Å². The second-order valence-electron chi connectivity index (χ2n) is 5.30. The van der Waals surface area contributed by atoms with Gasteiger partial charge in [0.15, 0.2) is 0 Å². The average molecular weight is 290 g/mol. The summed E-state index contributed by atoms with van der Waals surface area (Å²) in [6.07, 6.45) is 0. The van der Waals surface area contributed by atoms with Crippen LogP contribution in [0, 0.1) is 17.2 Å². The zero-order chi connectivity index (χ0) is 15.7. The molecule has 2 aromatic rings. The number of carbonyl (C=O) groups is 2. The summed E-state index contributed by atoms with van der Waals surface area (Å²) >= 11 is 0. The van der Waals surface area contributed by atoms with Crippen LogP contribution in [0.5, 0.6) is 0 Å². The first-order chi connectivity index (χ1) is 10.6. The third-order valence-electron chi connectivity index (χ3n) is 4.24. The smallest absolute Gasteiger partial charge is 0.248 e. The molecule has 0 radical (unpaired) electrons. The number of carbonyl (C=O) groups excluding carboxylic acids is 2. The van der Waals surface area contributed by atoms with Gasteiger partial charge < -0.3 is 0 Å². The van der Waals surface area contributed by atoms with Crippen molar-refractivity contribution in [2.45, 2.75) is 5.41 Å². The molecule has 0 aliphatic carbocycles. The maximum atomic E-state index is 13.0. The first-order valence-corrected chi connectivity index (χ1v) is 6.96. The molecule has 4 heteroatoms. The van der Waals surface area contributed by atoms with Gasteiger partial charge in [0.1, 0.15) is 11.3 Å². The Hall–Kier alpha value is -2.93. The number of nitrogens with zero attached hydrogens (tertiary/aromatic N) is 2. The molecule has 2 amide bonds. The van der Waals surface area contributed by atoms with Crippen LogP contribution in [0.15, 0.2) is 60.7 Å². The predicted molar refractivity (Wildman–Crippen MR) is 80.5 cm³/mol. The fourth-order valence-electron chi connectivity index (χ4n) is 3.17. The van der Waals surface area contributed by atoms with Crippen LogP contribution < -0.4 is 0 Å². The maximum Gasteiger partial charge on any atom is 0.248 e. The van der Waals surface area contributed by atoms with Crippen molar-refractivity contribution in [1.29, 1.82) is 5.26 Å². The zero-order valence-electron chi connectivity index (χ0n) is 12.1. The minimum absolute atomic E-state index is 0.360. The fraction of sp³-hybridized carbons (Fsp3) is 0.167. The summed E-state index contributed by atoms with van der Waals surface area (Å²) in [5.41, 5.74) is 0.0502. The van der Waals surface area contributed by atoms with Gasteiger partial charge in [-0.2, -0.15) is 5.26 Å². The van der Waals surface area contributed by atoms with Gasteiger partial charge in [-0.25, -0.2) is 0 Å². The number of amides is 2. The normalized spacial score (nSPS) is 20.0. The minimum atomic E-state index is -1.27. The van der Waals surface area contributed by atoms with Crippen LogP contribution >= 0.6 is 0 Å². The number of nitriles is 1. The lowest BCUT2D eigenvalue weighted by atomic mass is 9.67. The van der Waals surface area contributed by atoms with E-state index in [4.69, 9.17) is 0 Å². The van der Waals surface area contributed by atoms with Crippen LogP contribution in [-0.4, -0.2) is 23.8 Å². The van der Waals surface area contributed by atoms with Crippen LogP contribution in [0.4, 0.5) is 0 Å². The van der Waals surface area contributed by atoms with E-state index in [-0.39, 0.29) is 5.91 Å². The Bertz CT molecular complexity index is 723. The maximum absolute atomic E-state index is 13.0. The highest BCUT2D eigenvalue weighted by Gasteiger charge is 2.60. The Balaban J connectivity index is 2.37. The number of imide groups is 1. The molecule has 108 valence electrons. The lowest BCUT2D eigenvalue weighted by Gasteiger charge is -2.29. The molecule has 1 saturated heterocycles. The van der Waals surface area contributed by atoms with Gasteiger partial charge in [0.05, 0.1) is 6.07 Å². The van der Waals surface area contributed by atoms with Crippen molar-refractivity contribution in [2.24, 2.45) is 5.92 Å². The van der Waals surface area contributed by atoms with Crippen molar-refractivity contribution in [3.8, 4) is 6.07 Å². The molecule has 4 nitrogen and oxygen atoms in total. The number of hydrogen-bond acceptors (Lipinski definition) is 3. The Morgan fingerprint density at radius 2 is 1.41 bits per heavy atom. The van der Waals surface area contributed by atoms with Gasteiger partial charge in [-0.3, -0.25) is 14.5 Å². The van der Waals surface area contributed by atoms with Gasteiger partial charge in [-0.15, -0.1) is 0 Å². The van der Waals surface area contributed by atoms with Gasteiger partial charge in [0.25, 0.3) is 0 Å². The van der Waals surface area contributed by atoms with Gasteiger partial charge in [-0.05, 0) is 11.1 Å². The number of benzene rings is 2. The van der Waals surface area contributed by atoms with E-state index in [9.17, 15) is 14.9 Å². The van der Waals surface area contributed by atoms with E-state index in [1.807, 2.05) is 36.4 Å². The molecular weight excluding hydrogens is 276 g/mol. The van der Waals surface area contributed by atoms with E-state index < -0.39 is 17.2 Å². The SMILES string of the molecule is CN1C(=O)[C@@H](C#N)C(c2ccccc2)(c2ccccc2)C1=O. The Morgan fingerprint density at radius 3 is 1.82 bits per heavy atom. The summed E-state index contributed by atoms with van der Waals surface area (Å²) in [5.74, 6) is -1.88. The number of rotatable bonds is 2. The summed E-state index contributed by atoms with van der Waals surface area (Å²) < 4.78 is 0. The predicted octanol–water partition coefficient (Wildman–Crippen LogP) is 2.11. The first-order valence-electron chi connectivity index (χ1n) is 6.96. The minimum Gasteiger partial charge on any atom is -0.283 e. The Kier molecular flexibility index (Phi) is 3.26. The lowest BCUT2D eigenvalue weighted by molar-refractivity contribution is -0.138. The number of likely N-dealkylation sites (N-methyl/N-ethyl adjacent to an activating group) is 1. The van der Waals surface area contributed by atoms with E-state index in [0.29, 0.717) is 11.1 Å².